The van der Waals surface area contributed by atoms with E-state index in [4.69, 9.17) is 4.99 Å². The van der Waals surface area contributed by atoms with Crippen LogP contribution in [0.1, 0.15) is 30.9 Å². The van der Waals surface area contributed by atoms with Gasteiger partial charge in [0.25, 0.3) is 0 Å². The Morgan fingerprint density at radius 3 is 1.87 bits per heavy atom. The van der Waals surface area contributed by atoms with Crippen molar-refractivity contribution < 1.29 is 0 Å². The van der Waals surface area contributed by atoms with Gasteiger partial charge in [0.15, 0.2) is 0 Å². The number of para-hydroxylation sites is 3. The van der Waals surface area contributed by atoms with E-state index in [-0.39, 0.29) is 11.3 Å². The van der Waals surface area contributed by atoms with Crippen LogP contribution in [0.3, 0.4) is 0 Å². The van der Waals surface area contributed by atoms with Crippen LogP contribution in [0.25, 0.3) is 11.1 Å². The van der Waals surface area contributed by atoms with Crippen molar-refractivity contribution in [2.24, 2.45) is 10.4 Å². The number of benzene rings is 5. The normalized spacial score (nSPS) is 18.5. The Morgan fingerprint density at radius 2 is 1.19 bits per heavy atom. The standard InChI is InChI=1S/C45H34N2/c1-45(2)43-38-28-32(30-14-6-3-7-15-30)24-27-36(38)42(39(43)29-41-44(45)37-20-12-13-21-40(37)46-41)31-22-25-35(26-23-31)47(33-16-8-4-9-17-33)34-18-10-5-11-19-34/h3-29,32H,1-2H3. The minimum Gasteiger partial charge on any atom is -0.311 e. The molecule has 2 heteroatoms. The molecule has 2 nitrogen and oxygen atoms in total. The Bertz CT molecular complexity index is 2290. The van der Waals surface area contributed by atoms with Gasteiger partial charge in [0.05, 0.1) is 11.1 Å². The molecule has 1 aliphatic heterocycles. The Kier molecular flexibility index (Phi) is 6.26. The number of allylic oxidation sites excluding steroid dienone is 10. The molecular weight excluding hydrogens is 569 g/mol. The predicted octanol–water partition coefficient (Wildman–Crippen LogP) is 9.91. The number of hydrogen-bond donors (Lipinski definition) is 0. The van der Waals surface area contributed by atoms with Crippen molar-refractivity contribution in [1.29, 1.82) is 0 Å². The van der Waals surface area contributed by atoms with Gasteiger partial charge < -0.3 is 4.90 Å². The lowest BCUT2D eigenvalue weighted by Crippen LogP contribution is -2.30. The first-order chi connectivity index (χ1) is 23.1. The SMILES string of the molecule is CC1(C)C2=C(C=C3N=c4ccccc4=C31)C(c1ccc(N(c3ccccc3)c3ccccc3)cc1)=C1C=CC(c3ccccc3)C=C12. The highest BCUT2D eigenvalue weighted by Crippen LogP contribution is 2.58. The highest BCUT2D eigenvalue weighted by atomic mass is 15.1. The molecule has 1 unspecified atom stereocenters. The number of fused-ring (bicyclic) bond motifs is 4. The minimum atomic E-state index is -0.224. The lowest BCUT2D eigenvalue weighted by molar-refractivity contribution is 0.601. The lowest BCUT2D eigenvalue weighted by Gasteiger charge is -2.35. The van der Waals surface area contributed by atoms with Gasteiger partial charge in [-0.25, -0.2) is 4.99 Å². The number of hydrogen-bond acceptors (Lipinski definition) is 2. The quantitative estimate of drug-likeness (QED) is 0.196. The van der Waals surface area contributed by atoms with Gasteiger partial charge in [-0.05, 0) is 93.1 Å². The van der Waals surface area contributed by atoms with Crippen LogP contribution in [-0.2, 0) is 0 Å². The lowest BCUT2D eigenvalue weighted by atomic mass is 9.68. The van der Waals surface area contributed by atoms with Crippen LogP contribution in [-0.4, -0.2) is 0 Å². The Hall–Kier alpha value is -5.73. The first-order valence-corrected chi connectivity index (χ1v) is 16.4. The molecule has 0 saturated carbocycles. The van der Waals surface area contributed by atoms with E-state index in [1.165, 1.54) is 49.8 Å². The summed E-state index contributed by atoms with van der Waals surface area (Å²) in [6.07, 6.45) is 9.58. The molecule has 0 radical (unpaired) electrons. The van der Waals surface area contributed by atoms with E-state index in [0.29, 0.717) is 0 Å². The summed E-state index contributed by atoms with van der Waals surface area (Å²) in [5.41, 5.74) is 14.8. The number of anilines is 3. The molecule has 1 heterocycles. The summed E-state index contributed by atoms with van der Waals surface area (Å²) in [5.74, 6) is 0.224. The van der Waals surface area contributed by atoms with Crippen LogP contribution >= 0.6 is 0 Å². The van der Waals surface area contributed by atoms with Gasteiger partial charge in [0, 0.05) is 33.6 Å². The summed E-state index contributed by atoms with van der Waals surface area (Å²) in [5, 5.41) is 2.32. The molecule has 3 aliphatic carbocycles. The van der Waals surface area contributed by atoms with E-state index >= 15 is 0 Å². The van der Waals surface area contributed by atoms with E-state index in [2.05, 4.69) is 183 Å². The fraction of sp³-hybridized carbons (Fsp3) is 0.0889. The van der Waals surface area contributed by atoms with Gasteiger partial charge in [-0.2, -0.15) is 0 Å². The van der Waals surface area contributed by atoms with Crippen LogP contribution in [0.5, 0.6) is 0 Å². The smallest absolute Gasteiger partial charge is 0.0713 e. The molecule has 0 amide bonds. The molecule has 0 fully saturated rings. The van der Waals surface area contributed by atoms with Crippen molar-refractivity contribution in [3.8, 4) is 0 Å². The number of rotatable bonds is 5. The molecule has 1 atom stereocenters. The van der Waals surface area contributed by atoms with E-state index in [1.54, 1.807) is 0 Å². The average Bonchev–Trinajstić information content (AvgIpc) is 3.66. The predicted molar refractivity (Wildman–Crippen MR) is 194 cm³/mol. The maximum Gasteiger partial charge on any atom is 0.0713 e. The molecular formula is C45H34N2. The van der Waals surface area contributed by atoms with Crippen LogP contribution in [0.15, 0.2) is 197 Å². The zero-order valence-corrected chi connectivity index (χ0v) is 26.6. The molecule has 47 heavy (non-hydrogen) atoms. The van der Waals surface area contributed by atoms with Crippen molar-refractivity contribution >= 4 is 28.2 Å². The van der Waals surface area contributed by atoms with E-state index in [1.807, 2.05) is 0 Å². The molecule has 0 aromatic heterocycles. The highest BCUT2D eigenvalue weighted by Gasteiger charge is 2.44. The zero-order chi connectivity index (χ0) is 31.5. The summed E-state index contributed by atoms with van der Waals surface area (Å²) in [6.45, 7) is 4.78. The van der Waals surface area contributed by atoms with Crippen LogP contribution in [0.4, 0.5) is 17.1 Å². The Morgan fingerprint density at radius 1 is 0.596 bits per heavy atom. The summed E-state index contributed by atoms with van der Waals surface area (Å²) in [7, 11) is 0. The van der Waals surface area contributed by atoms with Gasteiger partial charge in [0.2, 0.25) is 0 Å². The van der Waals surface area contributed by atoms with Crippen molar-refractivity contribution in [2.45, 2.75) is 19.8 Å². The van der Waals surface area contributed by atoms with Gasteiger partial charge in [-0.3, -0.25) is 0 Å². The second-order valence-corrected chi connectivity index (χ2v) is 13.2. The highest BCUT2D eigenvalue weighted by molar-refractivity contribution is 6.01. The molecule has 9 rings (SSSR count). The topological polar surface area (TPSA) is 15.6 Å². The fourth-order valence-electron chi connectivity index (χ4n) is 7.98. The maximum absolute atomic E-state index is 5.17. The van der Waals surface area contributed by atoms with Gasteiger partial charge in [-0.15, -0.1) is 0 Å². The molecule has 0 spiro atoms. The summed E-state index contributed by atoms with van der Waals surface area (Å²) >= 11 is 0. The van der Waals surface area contributed by atoms with Gasteiger partial charge in [-0.1, -0.05) is 129 Å². The molecule has 224 valence electrons. The number of nitrogens with zero attached hydrogens (tertiary/aromatic N) is 2. The molecule has 0 bridgehead atoms. The Labute approximate surface area is 276 Å². The van der Waals surface area contributed by atoms with E-state index in [9.17, 15) is 0 Å². The second kappa shape index (κ2) is 10.7. The molecule has 5 aromatic carbocycles. The van der Waals surface area contributed by atoms with Crippen molar-refractivity contribution in [1.82, 2.24) is 0 Å². The first kappa shape index (κ1) is 27.6. The van der Waals surface area contributed by atoms with Crippen LogP contribution in [0.2, 0.25) is 0 Å². The summed E-state index contributed by atoms with van der Waals surface area (Å²) < 4.78 is 0. The maximum atomic E-state index is 5.17. The molecule has 0 N–H and O–H groups in total. The van der Waals surface area contributed by atoms with Crippen LogP contribution < -0.4 is 15.5 Å². The van der Waals surface area contributed by atoms with E-state index in [0.717, 1.165) is 28.1 Å². The zero-order valence-electron chi connectivity index (χ0n) is 26.6. The van der Waals surface area contributed by atoms with Gasteiger partial charge >= 0.3 is 0 Å². The largest absolute Gasteiger partial charge is 0.311 e. The average molecular weight is 603 g/mol. The summed E-state index contributed by atoms with van der Waals surface area (Å²) in [4.78, 5) is 7.48. The minimum absolute atomic E-state index is 0.224. The van der Waals surface area contributed by atoms with Crippen molar-refractivity contribution in [2.75, 3.05) is 4.90 Å². The third kappa shape index (κ3) is 4.36. The second-order valence-electron chi connectivity index (χ2n) is 13.2. The third-order valence-corrected chi connectivity index (χ3v) is 10.0. The van der Waals surface area contributed by atoms with Gasteiger partial charge in [0.1, 0.15) is 0 Å². The van der Waals surface area contributed by atoms with Crippen molar-refractivity contribution in [3.05, 3.63) is 214 Å². The monoisotopic (exact) mass is 602 g/mol. The Balaban J connectivity index is 1.22. The molecule has 4 aliphatic rings. The fourth-order valence-corrected chi connectivity index (χ4v) is 7.98. The van der Waals surface area contributed by atoms with Crippen molar-refractivity contribution in [3.63, 3.8) is 0 Å². The van der Waals surface area contributed by atoms with Crippen LogP contribution in [0, 0.1) is 5.41 Å². The van der Waals surface area contributed by atoms with E-state index < -0.39 is 0 Å². The molecule has 0 saturated heterocycles. The summed E-state index contributed by atoms with van der Waals surface area (Å²) in [6, 6.07) is 49.8. The first-order valence-electron chi connectivity index (χ1n) is 16.4. The third-order valence-electron chi connectivity index (χ3n) is 10.0. The molecule has 5 aromatic rings.